The molecule has 2 unspecified atom stereocenters. The molecule has 1 aliphatic carbocycles. The Bertz CT molecular complexity index is 841. The molecule has 0 bridgehead atoms. The number of amides is 2. The van der Waals surface area contributed by atoms with Crippen LogP contribution in [0.5, 0.6) is 0 Å². The average molecular weight is 410 g/mol. The van der Waals surface area contributed by atoms with Crippen molar-refractivity contribution in [3.8, 4) is 0 Å². The number of benzene rings is 1. The summed E-state index contributed by atoms with van der Waals surface area (Å²) in [5, 5.41) is 0. The Kier molecular flexibility index (Phi) is 7.35. The van der Waals surface area contributed by atoms with E-state index in [0.717, 1.165) is 36.9 Å². The van der Waals surface area contributed by atoms with Gasteiger partial charge in [-0.15, -0.1) is 0 Å². The molecule has 162 valence electrons. The quantitative estimate of drug-likeness (QED) is 0.586. The molecule has 30 heavy (non-hydrogen) atoms. The van der Waals surface area contributed by atoms with Gasteiger partial charge >= 0.3 is 0 Å². The average Bonchev–Trinajstić information content (AvgIpc) is 3.52. The third-order valence-electron chi connectivity index (χ3n) is 6.31. The predicted octanol–water partition coefficient (Wildman–Crippen LogP) is 4.34. The highest BCUT2D eigenvalue weighted by Gasteiger charge is 2.36. The number of hydrogen-bond donors (Lipinski definition) is 0. The molecule has 2 aromatic rings. The first kappa shape index (κ1) is 22.1. The first-order valence-corrected chi connectivity index (χ1v) is 11.2. The van der Waals surface area contributed by atoms with Gasteiger partial charge in [0.25, 0.3) is 0 Å². The molecule has 2 amide bonds. The van der Waals surface area contributed by atoms with Crippen LogP contribution >= 0.6 is 0 Å². The van der Waals surface area contributed by atoms with E-state index < -0.39 is 0 Å². The van der Waals surface area contributed by atoms with Crippen molar-refractivity contribution in [1.29, 1.82) is 0 Å². The number of rotatable bonds is 10. The van der Waals surface area contributed by atoms with Crippen LogP contribution < -0.4 is 0 Å². The molecule has 1 aliphatic rings. The molecular weight excluding hydrogens is 374 g/mol. The molecule has 1 heterocycles. The maximum Gasteiger partial charge on any atom is 0.242 e. The lowest BCUT2D eigenvalue weighted by atomic mass is 9.94. The van der Waals surface area contributed by atoms with Crippen molar-refractivity contribution >= 4 is 11.8 Å². The second-order valence-electron chi connectivity index (χ2n) is 8.46. The summed E-state index contributed by atoms with van der Waals surface area (Å²) in [4.78, 5) is 30.7. The summed E-state index contributed by atoms with van der Waals surface area (Å²) in [5.74, 6) is -0.105. The van der Waals surface area contributed by atoms with Crippen molar-refractivity contribution in [2.24, 2.45) is 7.05 Å². The maximum absolute atomic E-state index is 13.5. The molecule has 1 aromatic heterocycles. The minimum absolute atomic E-state index is 0.0234. The van der Waals surface area contributed by atoms with E-state index in [4.69, 9.17) is 0 Å². The molecule has 1 fully saturated rings. The van der Waals surface area contributed by atoms with Crippen molar-refractivity contribution in [1.82, 2.24) is 14.4 Å². The fraction of sp³-hybridized carbons (Fsp3) is 0.520. The summed E-state index contributed by atoms with van der Waals surface area (Å²) in [6.45, 7) is 6.91. The first-order chi connectivity index (χ1) is 14.5. The van der Waals surface area contributed by atoms with Crippen molar-refractivity contribution < 1.29 is 9.59 Å². The molecular formula is C25H35N3O2. The molecule has 0 aliphatic heterocycles. The van der Waals surface area contributed by atoms with Crippen LogP contribution in [0.3, 0.4) is 0 Å². The van der Waals surface area contributed by atoms with Crippen LogP contribution in [0.1, 0.15) is 63.6 Å². The molecule has 0 radical (unpaired) electrons. The van der Waals surface area contributed by atoms with Crippen LogP contribution in [0.25, 0.3) is 0 Å². The zero-order chi connectivity index (χ0) is 21.7. The lowest BCUT2D eigenvalue weighted by molar-refractivity contribution is -0.144. The van der Waals surface area contributed by atoms with Gasteiger partial charge in [0.15, 0.2) is 0 Å². The topological polar surface area (TPSA) is 45.6 Å². The SMILES string of the molecule is CCC(C(=O)N(CC(=O)N(Cc1cccn1C)C1CC1)C(C)CC)c1ccccc1. The molecule has 0 saturated heterocycles. The minimum atomic E-state index is -0.213. The van der Waals surface area contributed by atoms with E-state index in [1.165, 1.54) is 0 Å². The summed E-state index contributed by atoms with van der Waals surface area (Å²) < 4.78 is 2.06. The lowest BCUT2D eigenvalue weighted by Crippen LogP contribution is -2.48. The van der Waals surface area contributed by atoms with Gasteiger partial charge in [0.2, 0.25) is 11.8 Å². The number of hydrogen-bond acceptors (Lipinski definition) is 2. The summed E-state index contributed by atoms with van der Waals surface area (Å²) in [7, 11) is 2.01. The Morgan fingerprint density at radius 2 is 1.77 bits per heavy atom. The van der Waals surface area contributed by atoms with Gasteiger partial charge in [-0.25, -0.2) is 0 Å². The number of carbonyl (C=O) groups excluding carboxylic acids is 2. The van der Waals surface area contributed by atoms with E-state index in [-0.39, 0.29) is 30.3 Å². The van der Waals surface area contributed by atoms with Crippen LogP contribution in [0.2, 0.25) is 0 Å². The zero-order valence-corrected chi connectivity index (χ0v) is 18.8. The molecule has 0 spiro atoms. The van der Waals surface area contributed by atoms with Crippen LogP contribution in [0.4, 0.5) is 0 Å². The van der Waals surface area contributed by atoms with Crippen molar-refractivity contribution in [2.45, 2.75) is 71.0 Å². The fourth-order valence-electron chi connectivity index (χ4n) is 3.99. The Labute approximate surface area is 180 Å². The van der Waals surface area contributed by atoms with Gasteiger partial charge in [0.05, 0.1) is 12.5 Å². The fourth-order valence-corrected chi connectivity index (χ4v) is 3.99. The Morgan fingerprint density at radius 3 is 2.30 bits per heavy atom. The molecule has 0 N–H and O–H groups in total. The molecule has 1 saturated carbocycles. The number of nitrogens with zero attached hydrogens (tertiary/aromatic N) is 3. The third-order valence-corrected chi connectivity index (χ3v) is 6.31. The van der Waals surface area contributed by atoms with Crippen molar-refractivity contribution in [2.75, 3.05) is 6.54 Å². The second-order valence-corrected chi connectivity index (χ2v) is 8.46. The van der Waals surface area contributed by atoms with E-state index in [1.54, 1.807) is 0 Å². The van der Waals surface area contributed by atoms with Crippen LogP contribution in [0, 0.1) is 0 Å². The predicted molar refractivity (Wildman–Crippen MR) is 120 cm³/mol. The Balaban J connectivity index is 1.78. The van der Waals surface area contributed by atoms with E-state index in [1.807, 2.05) is 73.3 Å². The van der Waals surface area contributed by atoms with E-state index in [2.05, 4.69) is 17.6 Å². The largest absolute Gasteiger partial charge is 0.353 e. The third kappa shape index (κ3) is 5.13. The van der Waals surface area contributed by atoms with Crippen LogP contribution in [0.15, 0.2) is 48.7 Å². The van der Waals surface area contributed by atoms with Gasteiger partial charge < -0.3 is 14.4 Å². The second kappa shape index (κ2) is 9.96. The Morgan fingerprint density at radius 1 is 1.07 bits per heavy atom. The van der Waals surface area contributed by atoms with Gasteiger partial charge in [-0.05, 0) is 50.3 Å². The van der Waals surface area contributed by atoms with Gasteiger partial charge in [0, 0.05) is 31.0 Å². The van der Waals surface area contributed by atoms with Gasteiger partial charge in [0.1, 0.15) is 6.54 Å². The maximum atomic E-state index is 13.5. The lowest BCUT2D eigenvalue weighted by Gasteiger charge is -2.34. The van der Waals surface area contributed by atoms with E-state index in [9.17, 15) is 9.59 Å². The van der Waals surface area contributed by atoms with Crippen molar-refractivity contribution in [3.05, 3.63) is 59.9 Å². The number of aryl methyl sites for hydroxylation is 1. The van der Waals surface area contributed by atoms with Gasteiger partial charge in [-0.3, -0.25) is 9.59 Å². The molecule has 2 atom stereocenters. The molecule has 1 aromatic carbocycles. The van der Waals surface area contributed by atoms with Gasteiger partial charge in [-0.1, -0.05) is 44.2 Å². The van der Waals surface area contributed by atoms with Crippen LogP contribution in [-0.2, 0) is 23.2 Å². The highest BCUT2D eigenvalue weighted by molar-refractivity contribution is 5.89. The van der Waals surface area contributed by atoms with E-state index in [0.29, 0.717) is 12.6 Å². The summed E-state index contributed by atoms with van der Waals surface area (Å²) in [6, 6.07) is 14.3. The zero-order valence-electron chi connectivity index (χ0n) is 18.8. The number of carbonyl (C=O) groups is 2. The molecule has 5 heteroatoms. The monoisotopic (exact) mass is 409 g/mol. The molecule has 3 rings (SSSR count). The normalized spacial score (nSPS) is 15.5. The summed E-state index contributed by atoms with van der Waals surface area (Å²) in [5.41, 5.74) is 2.14. The van der Waals surface area contributed by atoms with Crippen LogP contribution in [-0.4, -0.2) is 44.8 Å². The highest BCUT2D eigenvalue weighted by atomic mass is 16.2. The summed E-state index contributed by atoms with van der Waals surface area (Å²) in [6.07, 6.45) is 5.65. The van der Waals surface area contributed by atoms with E-state index >= 15 is 0 Å². The number of aromatic nitrogens is 1. The first-order valence-electron chi connectivity index (χ1n) is 11.2. The summed E-state index contributed by atoms with van der Waals surface area (Å²) >= 11 is 0. The smallest absolute Gasteiger partial charge is 0.242 e. The Hall–Kier alpha value is -2.56. The highest BCUT2D eigenvalue weighted by Crippen LogP contribution is 2.29. The van der Waals surface area contributed by atoms with Crippen molar-refractivity contribution in [3.63, 3.8) is 0 Å². The van der Waals surface area contributed by atoms with Gasteiger partial charge in [-0.2, -0.15) is 0 Å². The standard InChI is InChI=1S/C25H35N3O2/c1-5-19(3)27(25(30)23(6-2)20-11-8-7-9-12-20)18-24(29)28(21-14-15-21)17-22-13-10-16-26(22)4/h7-13,16,19,21,23H,5-6,14-15,17-18H2,1-4H3. The molecule has 5 nitrogen and oxygen atoms in total. The minimum Gasteiger partial charge on any atom is -0.353 e.